The third kappa shape index (κ3) is 7.20. The van der Waals surface area contributed by atoms with E-state index in [1.54, 1.807) is 0 Å². The van der Waals surface area contributed by atoms with Gasteiger partial charge in [-0.1, -0.05) is 38.3 Å². The first-order valence-corrected chi connectivity index (χ1v) is 9.44. The van der Waals surface area contributed by atoms with Crippen molar-refractivity contribution in [1.29, 1.82) is 5.26 Å². The van der Waals surface area contributed by atoms with Gasteiger partial charge in [0.25, 0.3) is 0 Å². The fourth-order valence-electron chi connectivity index (χ4n) is 3.36. The molecule has 0 saturated carbocycles. The smallest absolute Gasteiger partial charge is 0.160 e. The summed E-state index contributed by atoms with van der Waals surface area (Å²) in [6.45, 7) is 13.4. The zero-order valence-corrected chi connectivity index (χ0v) is 15.6. The van der Waals surface area contributed by atoms with Crippen molar-refractivity contribution < 1.29 is 9.47 Å². The number of allylic oxidation sites excluding steroid dienone is 2. The molecule has 24 heavy (non-hydrogen) atoms. The van der Waals surface area contributed by atoms with Gasteiger partial charge in [0.1, 0.15) is 0 Å². The van der Waals surface area contributed by atoms with E-state index in [2.05, 4.69) is 26.2 Å². The van der Waals surface area contributed by atoms with Crippen molar-refractivity contribution in [3.63, 3.8) is 0 Å². The van der Waals surface area contributed by atoms with Gasteiger partial charge in [0, 0.05) is 11.8 Å². The van der Waals surface area contributed by atoms with Gasteiger partial charge in [-0.25, -0.2) is 0 Å². The molecule has 3 nitrogen and oxygen atoms in total. The van der Waals surface area contributed by atoms with Gasteiger partial charge in [0.15, 0.2) is 6.29 Å². The van der Waals surface area contributed by atoms with Gasteiger partial charge in [0.2, 0.25) is 0 Å². The lowest BCUT2D eigenvalue weighted by atomic mass is 9.81. The number of ether oxygens (including phenoxy) is 2. The Hall–Kier alpha value is -1.11. The van der Waals surface area contributed by atoms with E-state index in [0.717, 1.165) is 51.7 Å². The topological polar surface area (TPSA) is 42.2 Å². The summed E-state index contributed by atoms with van der Waals surface area (Å²) in [6, 6.07) is 2.45. The number of nitrogens with zero attached hydrogens (tertiary/aromatic N) is 1. The normalized spacial score (nSPS) is 24.5. The molecule has 1 rings (SSSR count). The third-order valence-electron chi connectivity index (χ3n) is 4.97. The van der Waals surface area contributed by atoms with Crippen LogP contribution in [0.25, 0.3) is 0 Å². The van der Waals surface area contributed by atoms with Gasteiger partial charge in [-0.2, -0.15) is 5.26 Å². The molecule has 136 valence electrons. The first-order valence-electron chi connectivity index (χ1n) is 9.44. The minimum Gasteiger partial charge on any atom is -0.352 e. The zero-order valence-electron chi connectivity index (χ0n) is 15.6. The van der Waals surface area contributed by atoms with E-state index >= 15 is 0 Å². The largest absolute Gasteiger partial charge is 0.352 e. The van der Waals surface area contributed by atoms with E-state index in [0.29, 0.717) is 11.8 Å². The van der Waals surface area contributed by atoms with Crippen LogP contribution < -0.4 is 0 Å². The maximum absolute atomic E-state index is 9.40. The van der Waals surface area contributed by atoms with Gasteiger partial charge >= 0.3 is 0 Å². The van der Waals surface area contributed by atoms with Gasteiger partial charge in [0.05, 0.1) is 24.7 Å². The molecular weight excluding hydrogens is 298 g/mol. The quantitative estimate of drug-likeness (QED) is 0.434. The molecule has 3 heteroatoms. The second kappa shape index (κ2) is 11.4. The van der Waals surface area contributed by atoms with Crippen molar-refractivity contribution in [2.75, 3.05) is 13.2 Å². The average molecular weight is 334 g/mol. The molecule has 0 aromatic rings. The van der Waals surface area contributed by atoms with Crippen LogP contribution >= 0.6 is 0 Å². The lowest BCUT2D eigenvalue weighted by Gasteiger charge is -2.34. The minimum absolute atomic E-state index is 0.0784. The molecule has 2 unspecified atom stereocenters. The first-order chi connectivity index (χ1) is 11.6. The van der Waals surface area contributed by atoms with Crippen LogP contribution in [0.2, 0.25) is 0 Å². The van der Waals surface area contributed by atoms with Crippen molar-refractivity contribution in [1.82, 2.24) is 0 Å². The van der Waals surface area contributed by atoms with E-state index in [1.807, 2.05) is 19.1 Å². The molecule has 0 aromatic carbocycles. The summed E-state index contributed by atoms with van der Waals surface area (Å²) in [4.78, 5) is 0. The fourth-order valence-corrected chi connectivity index (χ4v) is 3.36. The van der Waals surface area contributed by atoms with E-state index in [9.17, 15) is 5.26 Å². The Morgan fingerprint density at radius 3 is 2.42 bits per heavy atom. The molecule has 0 spiro atoms. The van der Waals surface area contributed by atoms with Crippen molar-refractivity contribution in [3.05, 3.63) is 25.3 Å². The number of unbranched alkanes of at least 4 members (excludes halogenated alkanes) is 1. The lowest BCUT2D eigenvalue weighted by molar-refractivity contribution is -0.226. The number of rotatable bonds is 12. The summed E-state index contributed by atoms with van der Waals surface area (Å²) in [7, 11) is 0. The maximum Gasteiger partial charge on any atom is 0.160 e. The Morgan fingerprint density at radius 2 is 1.88 bits per heavy atom. The molecule has 1 saturated heterocycles. The van der Waals surface area contributed by atoms with Crippen LogP contribution in [0.1, 0.15) is 65.2 Å². The molecule has 1 fully saturated rings. The van der Waals surface area contributed by atoms with Gasteiger partial charge in [-0.15, -0.1) is 13.2 Å². The second-order valence-electron chi connectivity index (χ2n) is 7.39. The van der Waals surface area contributed by atoms with Crippen molar-refractivity contribution in [2.24, 2.45) is 17.3 Å². The van der Waals surface area contributed by atoms with E-state index in [4.69, 9.17) is 9.47 Å². The van der Waals surface area contributed by atoms with Crippen LogP contribution in [0.3, 0.4) is 0 Å². The second-order valence-corrected chi connectivity index (χ2v) is 7.39. The molecule has 0 radical (unpaired) electrons. The molecule has 0 amide bonds. The summed E-state index contributed by atoms with van der Waals surface area (Å²) in [5.41, 5.74) is -0.291. The molecule has 0 N–H and O–H groups in total. The Labute approximate surface area is 148 Å². The molecule has 0 bridgehead atoms. The Morgan fingerprint density at radius 1 is 1.21 bits per heavy atom. The van der Waals surface area contributed by atoms with E-state index < -0.39 is 0 Å². The summed E-state index contributed by atoms with van der Waals surface area (Å²) in [6.07, 6.45) is 11.9. The Bertz CT molecular complexity index is 407. The van der Waals surface area contributed by atoms with Crippen LogP contribution in [0.5, 0.6) is 0 Å². The number of hydrogen-bond donors (Lipinski definition) is 0. The van der Waals surface area contributed by atoms with Gasteiger partial charge < -0.3 is 9.47 Å². The summed E-state index contributed by atoms with van der Waals surface area (Å²) >= 11 is 0. The highest BCUT2D eigenvalue weighted by atomic mass is 16.7. The summed E-state index contributed by atoms with van der Waals surface area (Å²) in [5, 5.41) is 9.40. The van der Waals surface area contributed by atoms with E-state index in [-0.39, 0.29) is 11.7 Å². The molecule has 1 aliphatic rings. The predicted octanol–water partition coefficient (Wildman–Crippen LogP) is 5.63. The monoisotopic (exact) mass is 333 g/mol. The first kappa shape index (κ1) is 20.9. The highest BCUT2D eigenvalue weighted by Gasteiger charge is 2.29. The predicted molar refractivity (Wildman–Crippen MR) is 99.4 cm³/mol. The molecule has 0 aromatic heterocycles. The SMILES string of the molecule is C=CCC(C)(C#N)CCCC(CCCC)[C@H]1OC[C@H](CC=C)CO1. The average Bonchev–Trinajstić information content (AvgIpc) is 2.59. The van der Waals surface area contributed by atoms with Crippen LogP contribution in [-0.4, -0.2) is 19.5 Å². The number of hydrogen-bond acceptors (Lipinski definition) is 3. The van der Waals surface area contributed by atoms with Gasteiger partial charge in [-0.3, -0.25) is 0 Å². The highest BCUT2D eigenvalue weighted by molar-refractivity contribution is 4.99. The minimum atomic E-state index is -0.291. The van der Waals surface area contributed by atoms with Crippen molar-refractivity contribution in [3.8, 4) is 6.07 Å². The fraction of sp³-hybridized carbons (Fsp3) is 0.762. The zero-order chi connectivity index (χ0) is 17.8. The highest BCUT2D eigenvalue weighted by Crippen LogP contribution is 2.32. The molecule has 0 aliphatic carbocycles. The van der Waals surface area contributed by atoms with Crippen molar-refractivity contribution >= 4 is 0 Å². The van der Waals surface area contributed by atoms with Gasteiger partial charge in [-0.05, 0) is 39.0 Å². The van der Waals surface area contributed by atoms with Crippen LogP contribution in [0, 0.1) is 28.6 Å². The summed E-state index contributed by atoms with van der Waals surface area (Å²) < 4.78 is 12.0. The standard InChI is InChI=1S/C21H35NO2/c1-5-8-11-19(12-9-14-21(4,17-22)13-7-3)20-23-15-18(10-6-2)16-24-20/h6-7,18-20H,2-3,5,8-16H2,1,4H3/t18-,19?,20-,21?. The molecule has 1 aliphatic heterocycles. The maximum atomic E-state index is 9.40. The molecule has 1 heterocycles. The van der Waals surface area contributed by atoms with Crippen molar-refractivity contribution in [2.45, 2.75) is 71.5 Å². The van der Waals surface area contributed by atoms with Crippen LogP contribution in [-0.2, 0) is 9.47 Å². The van der Waals surface area contributed by atoms with Crippen LogP contribution in [0.15, 0.2) is 25.3 Å². The lowest BCUT2D eigenvalue weighted by Crippen LogP contribution is -2.37. The van der Waals surface area contributed by atoms with Crippen LogP contribution in [0.4, 0.5) is 0 Å². The molecule has 2 atom stereocenters. The Balaban J connectivity index is 2.49. The summed E-state index contributed by atoms with van der Waals surface area (Å²) in [5.74, 6) is 0.876. The van der Waals surface area contributed by atoms with E-state index in [1.165, 1.54) is 12.8 Å². The third-order valence-corrected chi connectivity index (χ3v) is 4.97. The number of nitriles is 1. The Kier molecular flexibility index (Phi) is 9.98. The molecular formula is C21H35NO2.